The molecule has 1 saturated heterocycles. The SMILES string of the molecule is CSC(c1ccc(Oc2ccccc2)cc1)=[N+]1CCCCC1. The molecule has 1 heterocycles. The highest BCUT2D eigenvalue weighted by Gasteiger charge is 2.19. The van der Waals surface area contributed by atoms with Crippen molar-refractivity contribution >= 4 is 16.8 Å². The van der Waals surface area contributed by atoms with Gasteiger partial charge in [0.25, 0.3) is 0 Å². The van der Waals surface area contributed by atoms with Gasteiger partial charge in [0.15, 0.2) is 0 Å². The Bertz CT molecular complexity index is 626. The summed E-state index contributed by atoms with van der Waals surface area (Å²) in [5.41, 5.74) is 1.29. The van der Waals surface area contributed by atoms with Crippen LogP contribution < -0.4 is 4.74 Å². The molecule has 3 rings (SSSR count). The highest BCUT2D eigenvalue weighted by atomic mass is 32.2. The van der Waals surface area contributed by atoms with Crippen LogP contribution in [0.4, 0.5) is 0 Å². The molecule has 3 heteroatoms. The predicted molar refractivity (Wildman–Crippen MR) is 94.4 cm³/mol. The number of hydrogen-bond donors (Lipinski definition) is 0. The molecule has 0 atom stereocenters. The summed E-state index contributed by atoms with van der Waals surface area (Å²) >= 11 is 1.84. The van der Waals surface area contributed by atoms with Crippen molar-refractivity contribution in [1.29, 1.82) is 0 Å². The Morgan fingerprint density at radius 2 is 1.50 bits per heavy atom. The van der Waals surface area contributed by atoms with Gasteiger partial charge in [0.2, 0.25) is 5.04 Å². The third-order valence-electron chi connectivity index (χ3n) is 3.92. The second-order valence-electron chi connectivity index (χ2n) is 5.50. The molecule has 2 aromatic rings. The Kier molecular flexibility index (Phi) is 5.17. The van der Waals surface area contributed by atoms with Gasteiger partial charge in [-0.3, -0.25) is 0 Å². The van der Waals surface area contributed by atoms with Crippen LogP contribution in [-0.2, 0) is 0 Å². The summed E-state index contributed by atoms with van der Waals surface area (Å²) in [5, 5.41) is 1.38. The van der Waals surface area contributed by atoms with Crippen molar-refractivity contribution in [3.63, 3.8) is 0 Å². The second kappa shape index (κ2) is 7.50. The van der Waals surface area contributed by atoms with E-state index in [9.17, 15) is 0 Å². The van der Waals surface area contributed by atoms with Crippen molar-refractivity contribution < 1.29 is 9.31 Å². The van der Waals surface area contributed by atoms with E-state index in [1.165, 1.54) is 43.0 Å². The van der Waals surface area contributed by atoms with Crippen LogP contribution >= 0.6 is 11.8 Å². The normalized spacial score (nSPS) is 14.7. The van der Waals surface area contributed by atoms with Crippen LogP contribution in [0.1, 0.15) is 24.8 Å². The number of para-hydroxylation sites is 1. The molecule has 0 N–H and O–H groups in total. The minimum atomic E-state index is 0.875. The molecule has 0 bridgehead atoms. The first-order chi connectivity index (χ1) is 10.9. The van der Waals surface area contributed by atoms with Crippen molar-refractivity contribution in [3.05, 3.63) is 60.2 Å². The quantitative estimate of drug-likeness (QED) is 0.597. The maximum atomic E-state index is 5.86. The average Bonchev–Trinajstić information content (AvgIpc) is 2.59. The van der Waals surface area contributed by atoms with Crippen LogP contribution in [0.3, 0.4) is 0 Å². The van der Waals surface area contributed by atoms with Crippen LogP contribution in [0.25, 0.3) is 0 Å². The Morgan fingerprint density at radius 3 is 2.14 bits per heavy atom. The lowest BCUT2D eigenvalue weighted by atomic mass is 10.1. The van der Waals surface area contributed by atoms with Gasteiger partial charge in [-0.15, -0.1) is 0 Å². The summed E-state index contributed by atoms with van der Waals surface area (Å²) in [4.78, 5) is 0. The first-order valence-corrected chi connectivity index (χ1v) is 9.08. The number of benzene rings is 2. The van der Waals surface area contributed by atoms with Gasteiger partial charge in [-0.25, -0.2) is 4.58 Å². The number of nitrogens with zero attached hydrogens (tertiary/aromatic N) is 1. The number of rotatable bonds is 3. The van der Waals surface area contributed by atoms with Gasteiger partial charge in [-0.05, 0) is 49.1 Å². The van der Waals surface area contributed by atoms with Crippen LogP contribution in [0, 0.1) is 0 Å². The van der Waals surface area contributed by atoms with Crippen molar-refractivity contribution in [2.24, 2.45) is 0 Å². The molecule has 0 aliphatic carbocycles. The van der Waals surface area contributed by atoms with E-state index in [0.29, 0.717) is 0 Å². The Morgan fingerprint density at radius 1 is 0.864 bits per heavy atom. The van der Waals surface area contributed by atoms with Crippen LogP contribution in [0.5, 0.6) is 11.5 Å². The fourth-order valence-electron chi connectivity index (χ4n) is 2.82. The largest absolute Gasteiger partial charge is 0.457 e. The average molecular weight is 312 g/mol. The van der Waals surface area contributed by atoms with Crippen molar-refractivity contribution in [2.45, 2.75) is 19.3 Å². The van der Waals surface area contributed by atoms with E-state index in [1.54, 1.807) is 0 Å². The maximum absolute atomic E-state index is 5.86. The Labute approximate surface area is 136 Å². The zero-order chi connectivity index (χ0) is 15.2. The number of hydrogen-bond acceptors (Lipinski definition) is 2. The van der Waals surface area contributed by atoms with Gasteiger partial charge < -0.3 is 4.74 Å². The van der Waals surface area contributed by atoms with E-state index in [2.05, 4.69) is 35.1 Å². The molecular formula is C19H22NOS+. The van der Waals surface area contributed by atoms with Crippen molar-refractivity contribution in [3.8, 4) is 11.5 Å². The Balaban J connectivity index is 1.78. The summed E-state index contributed by atoms with van der Waals surface area (Å²) in [6.45, 7) is 2.36. The van der Waals surface area contributed by atoms with E-state index in [1.807, 2.05) is 42.1 Å². The zero-order valence-electron chi connectivity index (χ0n) is 13.0. The zero-order valence-corrected chi connectivity index (χ0v) is 13.8. The monoisotopic (exact) mass is 312 g/mol. The molecule has 2 aromatic carbocycles. The molecule has 0 unspecified atom stereocenters. The topological polar surface area (TPSA) is 12.2 Å². The van der Waals surface area contributed by atoms with Gasteiger partial charge in [-0.2, -0.15) is 0 Å². The summed E-state index contributed by atoms with van der Waals surface area (Å²) in [6.07, 6.45) is 6.14. The third kappa shape index (κ3) is 3.72. The Hall–Kier alpha value is -1.74. The summed E-state index contributed by atoms with van der Waals surface area (Å²) in [7, 11) is 0. The molecule has 1 fully saturated rings. The lowest BCUT2D eigenvalue weighted by Gasteiger charge is -2.13. The smallest absolute Gasteiger partial charge is 0.241 e. The molecule has 1 aliphatic rings. The van der Waals surface area contributed by atoms with Crippen molar-refractivity contribution in [1.82, 2.24) is 0 Å². The van der Waals surface area contributed by atoms with Gasteiger partial charge >= 0.3 is 0 Å². The summed E-state index contributed by atoms with van der Waals surface area (Å²) in [6, 6.07) is 18.4. The fourth-order valence-corrected chi connectivity index (χ4v) is 3.63. The number of thioether (sulfide) groups is 1. The highest BCUT2D eigenvalue weighted by molar-refractivity contribution is 8.13. The molecule has 1 aliphatic heterocycles. The lowest BCUT2D eigenvalue weighted by Crippen LogP contribution is -2.26. The van der Waals surface area contributed by atoms with E-state index in [0.717, 1.165) is 11.5 Å². The number of piperidine rings is 1. The minimum Gasteiger partial charge on any atom is -0.457 e. The predicted octanol–water partition coefficient (Wildman–Crippen LogP) is 4.78. The van der Waals surface area contributed by atoms with E-state index >= 15 is 0 Å². The molecule has 0 saturated carbocycles. The first kappa shape index (κ1) is 15.2. The second-order valence-corrected chi connectivity index (χ2v) is 6.29. The van der Waals surface area contributed by atoms with Gasteiger partial charge in [-0.1, -0.05) is 30.0 Å². The summed E-state index contributed by atoms with van der Waals surface area (Å²) in [5.74, 6) is 1.76. The standard InChI is InChI=1S/C19H22NOS/c1-22-19(20-14-6-3-7-15-20)16-10-12-18(13-11-16)21-17-8-4-2-5-9-17/h2,4-5,8-13H,3,6-7,14-15H2,1H3/q+1. The molecule has 0 amide bonds. The van der Waals surface area contributed by atoms with Crippen molar-refractivity contribution in [2.75, 3.05) is 19.3 Å². The molecule has 0 radical (unpaired) electrons. The van der Waals surface area contributed by atoms with E-state index < -0.39 is 0 Å². The molecular weight excluding hydrogens is 290 g/mol. The van der Waals surface area contributed by atoms with Gasteiger partial charge in [0.05, 0.1) is 5.56 Å². The lowest BCUT2D eigenvalue weighted by molar-refractivity contribution is -0.534. The fraction of sp³-hybridized carbons (Fsp3) is 0.316. The van der Waals surface area contributed by atoms with E-state index in [-0.39, 0.29) is 0 Å². The maximum Gasteiger partial charge on any atom is 0.241 e. The molecule has 22 heavy (non-hydrogen) atoms. The first-order valence-electron chi connectivity index (χ1n) is 7.86. The number of ether oxygens (including phenoxy) is 1. The third-order valence-corrected chi connectivity index (χ3v) is 4.80. The van der Waals surface area contributed by atoms with Crippen LogP contribution in [-0.4, -0.2) is 29.0 Å². The van der Waals surface area contributed by atoms with Gasteiger partial charge in [0.1, 0.15) is 24.6 Å². The molecule has 114 valence electrons. The van der Waals surface area contributed by atoms with Crippen LogP contribution in [0.15, 0.2) is 54.6 Å². The molecule has 0 spiro atoms. The molecule has 2 nitrogen and oxygen atoms in total. The van der Waals surface area contributed by atoms with Gasteiger partial charge in [0, 0.05) is 12.8 Å². The van der Waals surface area contributed by atoms with Crippen LogP contribution in [0.2, 0.25) is 0 Å². The molecule has 0 aromatic heterocycles. The summed E-state index contributed by atoms with van der Waals surface area (Å²) < 4.78 is 8.38. The van der Waals surface area contributed by atoms with E-state index in [4.69, 9.17) is 4.74 Å². The highest BCUT2D eigenvalue weighted by Crippen LogP contribution is 2.23. The minimum absolute atomic E-state index is 0.875.